The Morgan fingerprint density at radius 3 is 1.17 bits per heavy atom. The second kappa shape index (κ2) is 55.0. The van der Waals surface area contributed by atoms with Crippen LogP contribution in [0.4, 0.5) is 0 Å². The smallest absolute Gasteiger partial charge is 0.326 e. The molecule has 0 bridgehead atoms. The normalized spacial score (nSPS) is 15.4. The number of carboxylic acid groups (broad SMARTS) is 4. The summed E-state index contributed by atoms with van der Waals surface area (Å²) in [6, 6.07) is -5.17. The zero-order chi connectivity index (χ0) is 101. The highest BCUT2D eigenvalue weighted by Gasteiger charge is 2.44. The number of nitrogens with one attached hydrogen (secondary N) is 18. The molecular weight excluding hydrogens is 1780 g/mol. The summed E-state index contributed by atoms with van der Waals surface area (Å²) in [6.45, 7) is 11.9. The number of hydrogen-bond donors (Lipinski definition) is 28. The molecule has 1 fully saturated rings. The van der Waals surface area contributed by atoms with Crippen molar-refractivity contribution in [3.05, 3.63) is 95.7 Å². The monoisotopic (exact) mass is 1910 g/mol. The van der Waals surface area contributed by atoms with Crippen molar-refractivity contribution in [2.45, 2.75) is 249 Å². The third-order valence-electron chi connectivity index (χ3n) is 22.4. The number of nitrogens with zero attached hydrogens (tertiary/aromatic N) is 1. The number of aliphatic carboxylic acids is 4. The average Bonchev–Trinajstić information content (AvgIpc) is 1.65. The number of carbonyl (C=O) groups is 19. The number of guanidine groups is 2. The van der Waals surface area contributed by atoms with Gasteiger partial charge in [0.1, 0.15) is 96.1 Å². The first kappa shape index (κ1) is 112. The lowest BCUT2D eigenvalue weighted by atomic mass is 9.96. The van der Waals surface area contributed by atoms with E-state index in [1.165, 1.54) is 67.3 Å². The Bertz CT molecular complexity index is 4900. The van der Waals surface area contributed by atoms with Gasteiger partial charge in [-0.2, -0.15) is 0 Å². The zero-order valence-electron chi connectivity index (χ0n) is 76.9. The largest absolute Gasteiger partial charge is 0.508 e. The standard InChI is InChI=1S/C88H129N23O25/c1-9-46(8)72(110-77(126)58(30-33-68(120)121)99-73(122)56(28-31-66(116)117)100-78(127)59(37-47-20-24-50(112)25-21-47)104-83(132)70(44(4)5)107-75(124)54(98-65(115)41-89)17-12-34-95-87(91)92)85(134)111-36-14-19-63(111)81(130)103-61(39-49-42-97-53-16-11-10-15-52(49)53)80(129)109-69(43(2)3)82(131)102-55(18-13-35-96-88(93)94)76(125)108-71(45(6)7)84(133)105-60(38-48-22-26-51(113)27-23-48)79(128)101-57(29-32-67(118)119)74(123)106-62(86(135)136)40-64(90)114/h10-11,15-16,20-27,42-46,54-63,69-72,97,112-113H,9,12-14,17-19,28-41,89H2,1-8H3,(H2,90,114)(H,98,115)(H,99,122)(H,100,127)(H,101,128)(H,102,131)(H,103,130)(H,104,132)(H,105,133)(H,106,123)(H,107,124)(H,108,125)(H,109,129)(H,110,126)(H,116,117)(H,118,119)(H,120,121)(H,135,136)(H4,91,92,95)(H4,93,94,96)/t46-,54-,55-,56-,57-,58-,59-,60-,61-,62-,63-,69-,70-,71-,72-/m0/s1. The number of aromatic hydroxyl groups is 2. The molecule has 48 heteroatoms. The number of rotatable bonds is 58. The molecule has 15 atom stereocenters. The maximum atomic E-state index is 15.3. The lowest BCUT2D eigenvalue weighted by molar-refractivity contribution is -0.144. The molecule has 1 aromatic heterocycles. The molecule has 1 aliphatic heterocycles. The molecule has 0 unspecified atom stereocenters. The number of fused-ring (bicyclic) bond motifs is 1. The van der Waals surface area contributed by atoms with Crippen LogP contribution in [0.15, 0.2) is 79.0 Å². The Hall–Kier alpha value is -14.8. The summed E-state index contributed by atoms with van der Waals surface area (Å²) in [4.78, 5) is 268. The molecule has 746 valence electrons. The number of amides is 15. The van der Waals surface area contributed by atoms with Gasteiger partial charge in [-0.25, -0.2) is 4.79 Å². The van der Waals surface area contributed by atoms with Gasteiger partial charge in [-0.15, -0.1) is 0 Å². The van der Waals surface area contributed by atoms with Gasteiger partial charge in [-0.05, 0) is 128 Å². The van der Waals surface area contributed by atoms with Crippen molar-refractivity contribution in [1.29, 1.82) is 10.8 Å². The Labute approximate surface area is 783 Å². The second-order valence-corrected chi connectivity index (χ2v) is 34.1. The molecule has 4 aromatic rings. The number of phenolic OH excluding ortho intramolecular Hbond substituents is 2. The van der Waals surface area contributed by atoms with Crippen LogP contribution in [0.25, 0.3) is 10.9 Å². The van der Waals surface area contributed by atoms with Crippen LogP contribution in [-0.2, 0) is 110 Å². The number of primary amides is 1. The number of hydrogen-bond acceptors (Lipinski definition) is 24. The van der Waals surface area contributed by atoms with Crippen molar-refractivity contribution >= 4 is 135 Å². The van der Waals surface area contributed by atoms with E-state index >= 15 is 14.4 Å². The molecule has 1 aliphatic rings. The van der Waals surface area contributed by atoms with E-state index in [1.807, 2.05) is 0 Å². The van der Waals surface area contributed by atoms with Crippen LogP contribution in [0, 0.1) is 34.5 Å². The van der Waals surface area contributed by atoms with Crippen LogP contribution < -0.4 is 103 Å². The molecule has 2 heterocycles. The summed E-state index contributed by atoms with van der Waals surface area (Å²) in [6.07, 6.45) is -4.47. The number of benzene rings is 3. The van der Waals surface area contributed by atoms with E-state index < -0.39 is 285 Å². The van der Waals surface area contributed by atoms with Gasteiger partial charge < -0.3 is 143 Å². The first-order chi connectivity index (χ1) is 64.1. The molecule has 0 spiro atoms. The van der Waals surface area contributed by atoms with E-state index in [1.54, 1.807) is 72.0 Å². The fourth-order valence-electron chi connectivity index (χ4n) is 14.7. The van der Waals surface area contributed by atoms with Crippen LogP contribution in [-0.4, -0.2) is 276 Å². The van der Waals surface area contributed by atoms with Gasteiger partial charge >= 0.3 is 23.9 Å². The summed E-state index contributed by atoms with van der Waals surface area (Å²) in [7, 11) is 0. The van der Waals surface area contributed by atoms with E-state index in [0.29, 0.717) is 27.6 Å². The van der Waals surface area contributed by atoms with Crippen molar-refractivity contribution in [3.8, 4) is 11.5 Å². The molecule has 32 N–H and O–H groups in total. The van der Waals surface area contributed by atoms with Crippen LogP contribution in [0.2, 0.25) is 0 Å². The number of nitrogens with two attached hydrogens (primary N) is 4. The van der Waals surface area contributed by atoms with Gasteiger partial charge in [-0.3, -0.25) is 97.1 Å². The third-order valence-corrected chi connectivity index (χ3v) is 22.4. The average molecular weight is 1910 g/mol. The summed E-state index contributed by atoms with van der Waals surface area (Å²) >= 11 is 0. The molecule has 15 amide bonds. The molecule has 5 rings (SSSR count). The Morgan fingerprint density at radius 1 is 0.434 bits per heavy atom. The number of aromatic nitrogens is 1. The van der Waals surface area contributed by atoms with Gasteiger partial charge in [0.2, 0.25) is 88.6 Å². The first-order valence-corrected chi connectivity index (χ1v) is 44.5. The van der Waals surface area contributed by atoms with Crippen molar-refractivity contribution in [3.63, 3.8) is 0 Å². The lowest BCUT2D eigenvalue weighted by Gasteiger charge is -2.33. The number of carboxylic acids is 4. The van der Waals surface area contributed by atoms with Gasteiger partial charge in [0.05, 0.1) is 13.0 Å². The predicted molar refractivity (Wildman–Crippen MR) is 489 cm³/mol. The fourth-order valence-corrected chi connectivity index (χ4v) is 14.7. The molecule has 0 radical (unpaired) electrons. The highest BCUT2D eigenvalue weighted by molar-refractivity contribution is 6.02. The quantitative estimate of drug-likeness (QED) is 0.0114. The van der Waals surface area contributed by atoms with Gasteiger partial charge in [0.15, 0.2) is 11.9 Å². The van der Waals surface area contributed by atoms with Gasteiger partial charge in [-0.1, -0.05) is 104 Å². The number of aromatic amines is 1. The van der Waals surface area contributed by atoms with Crippen LogP contribution >= 0.6 is 0 Å². The number of carbonyl (C=O) groups excluding carboxylic acids is 15. The molecule has 0 aliphatic carbocycles. The minimum absolute atomic E-state index is 0.00802. The zero-order valence-corrected chi connectivity index (χ0v) is 76.9. The Morgan fingerprint density at radius 2 is 0.787 bits per heavy atom. The summed E-state index contributed by atoms with van der Waals surface area (Å²) in [5.74, 6) is -25.7. The Kier molecular flexibility index (Phi) is 45.2. The maximum absolute atomic E-state index is 15.3. The van der Waals surface area contributed by atoms with E-state index in [-0.39, 0.29) is 94.9 Å². The van der Waals surface area contributed by atoms with Crippen LogP contribution in [0.3, 0.4) is 0 Å². The van der Waals surface area contributed by atoms with Crippen molar-refractivity contribution < 1.29 is 122 Å². The van der Waals surface area contributed by atoms with Crippen molar-refractivity contribution in [1.82, 2.24) is 89.6 Å². The first-order valence-electron chi connectivity index (χ1n) is 44.5. The molecule has 48 nitrogen and oxygen atoms in total. The minimum Gasteiger partial charge on any atom is -0.508 e. The number of para-hydroxylation sites is 1. The molecule has 136 heavy (non-hydrogen) atoms. The molecule has 3 aromatic carbocycles. The van der Waals surface area contributed by atoms with E-state index in [0.717, 1.165) is 0 Å². The van der Waals surface area contributed by atoms with E-state index in [2.05, 4.69) is 84.7 Å². The summed E-state index contributed by atoms with van der Waals surface area (Å²) < 4.78 is 0. The van der Waals surface area contributed by atoms with Gasteiger partial charge in [0, 0.05) is 75.3 Å². The lowest BCUT2D eigenvalue weighted by Crippen LogP contribution is -2.62. The van der Waals surface area contributed by atoms with Crippen LogP contribution in [0.5, 0.6) is 11.5 Å². The maximum Gasteiger partial charge on any atom is 0.326 e. The molecular formula is C88H129N23O25. The van der Waals surface area contributed by atoms with Crippen molar-refractivity contribution in [2.75, 3.05) is 26.2 Å². The fraction of sp³-hybridized carbons (Fsp3) is 0.534. The van der Waals surface area contributed by atoms with Crippen molar-refractivity contribution in [2.24, 2.45) is 46.6 Å². The van der Waals surface area contributed by atoms with E-state index in [4.69, 9.17) is 33.8 Å². The van der Waals surface area contributed by atoms with E-state index in [9.17, 15) is 107 Å². The SMILES string of the molecule is CC[C@H](C)[C@H](NC(=O)[C@H](CCC(=O)O)NC(=O)[C@H](CCC(=O)O)NC(=O)[C@H](Cc1ccc(O)cc1)NC(=O)[C@@H](NC(=O)[C@H](CCCNC(=N)N)NC(=O)CN)C(C)C)C(=O)N1CCC[C@H]1C(=O)N[C@@H](Cc1c[nH]c2ccccc12)C(=O)N[C@H](C(=O)N[C@@H](CCCNC(=N)N)C(=O)N[C@H](C(=O)N[C@@H](Cc1ccc(O)cc1)C(=O)N[C@@H](CCC(=O)O)C(=O)N[C@@H](CC(N)=O)C(=O)O)C(C)C)C(C)C. The topological polar surface area (TPSA) is 797 Å². The second-order valence-electron chi connectivity index (χ2n) is 34.1. The predicted octanol–water partition coefficient (Wildman–Crippen LogP) is -4.05. The summed E-state index contributed by atoms with van der Waals surface area (Å²) in [5, 5.41) is 113. The molecule has 1 saturated heterocycles. The molecule has 0 saturated carbocycles. The highest BCUT2D eigenvalue weighted by atomic mass is 16.4. The Balaban J connectivity index is 1.44. The minimum atomic E-state index is -1.91. The number of likely N-dealkylation sites (tertiary alicyclic amines) is 1. The van der Waals surface area contributed by atoms with Crippen LogP contribution in [0.1, 0.15) is 162 Å². The number of phenols is 2. The third kappa shape index (κ3) is 37.0. The summed E-state index contributed by atoms with van der Waals surface area (Å²) in [5.41, 5.74) is 23.4. The number of H-pyrrole nitrogens is 1. The highest BCUT2D eigenvalue weighted by Crippen LogP contribution is 2.26. The van der Waals surface area contributed by atoms with Gasteiger partial charge in [0.25, 0.3) is 0 Å².